The van der Waals surface area contributed by atoms with Crippen LogP contribution in [-0.2, 0) is 26.6 Å². The SMILES string of the molecule is NS(=O)(=O)c1ccc(CNS(=O)(=O)c2ccccc2Cl)cc1. The molecule has 0 heterocycles. The minimum absolute atomic E-state index is 0.00153. The standard InChI is InChI=1S/C13H13ClN2O4S2/c14-12-3-1-2-4-13(12)22(19,20)16-9-10-5-7-11(8-6-10)21(15,17)18/h1-8,16H,9H2,(H2,15,17,18). The van der Waals surface area contributed by atoms with E-state index in [4.69, 9.17) is 16.7 Å². The van der Waals surface area contributed by atoms with Gasteiger partial charge in [0.1, 0.15) is 4.90 Å². The largest absolute Gasteiger partial charge is 0.242 e. The maximum Gasteiger partial charge on any atom is 0.242 e. The highest BCUT2D eigenvalue weighted by molar-refractivity contribution is 7.89. The van der Waals surface area contributed by atoms with Crippen molar-refractivity contribution >= 4 is 31.6 Å². The molecule has 2 aromatic carbocycles. The van der Waals surface area contributed by atoms with Gasteiger partial charge in [-0.2, -0.15) is 0 Å². The van der Waals surface area contributed by atoms with E-state index in [1.807, 2.05) is 0 Å². The Morgan fingerprint density at radius 2 is 1.55 bits per heavy atom. The summed E-state index contributed by atoms with van der Waals surface area (Å²) in [5.41, 5.74) is 0.586. The van der Waals surface area contributed by atoms with E-state index in [2.05, 4.69) is 4.72 Å². The minimum Gasteiger partial charge on any atom is -0.225 e. The number of nitrogens with two attached hydrogens (primary N) is 1. The van der Waals surface area contributed by atoms with Crippen LogP contribution in [0.25, 0.3) is 0 Å². The van der Waals surface area contributed by atoms with Crippen LogP contribution in [0.5, 0.6) is 0 Å². The molecule has 0 unspecified atom stereocenters. The number of rotatable bonds is 5. The first-order chi connectivity index (χ1) is 10.2. The molecule has 3 N–H and O–H groups in total. The number of nitrogens with one attached hydrogen (secondary N) is 1. The fraction of sp³-hybridized carbons (Fsp3) is 0.0769. The molecule has 0 saturated carbocycles. The minimum atomic E-state index is -3.77. The van der Waals surface area contributed by atoms with Crippen molar-refractivity contribution in [2.75, 3.05) is 0 Å². The quantitative estimate of drug-likeness (QED) is 0.841. The molecule has 0 amide bonds. The molecule has 2 rings (SSSR count). The summed E-state index contributed by atoms with van der Waals surface area (Å²) >= 11 is 5.86. The second-order valence-corrected chi connectivity index (χ2v) is 8.15. The third-order valence-corrected chi connectivity index (χ3v) is 5.67. The van der Waals surface area contributed by atoms with E-state index < -0.39 is 20.0 Å². The fourth-order valence-electron chi connectivity index (χ4n) is 1.72. The normalized spacial score (nSPS) is 12.3. The summed E-state index contributed by atoms with van der Waals surface area (Å²) in [7, 11) is -7.52. The molecule has 0 aliphatic heterocycles. The van der Waals surface area contributed by atoms with Crippen molar-refractivity contribution in [2.24, 2.45) is 5.14 Å². The number of sulfonamides is 2. The summed E-state index contributed by atoms with van der Waals surface area (Å²) < 4.78 is 49.0. The number of hydrogen-bond acceptors (Lipinski definition) is 4. The van der Waals surface area contributed by atoms with Crippen molar-refractivity contribution in [3.8, 4) is 0 Å². The van der Waals surface area contributed by atoms with Gasteiger partial charge >= 0.3 is 0 Å². The summed E-state index contributed by atoms with van der Waals surface area (Å²) in [5.74, 6) is 0. The van der Waals surface area contributed by atoms with Gasteiger partial charge in [-0.1, -0.05) is 35.9 Å². The van der Waals surface area contributed by atoms with Gasteiger partial charge in [0.05, 0.1) is 9.92 Å². The van der Waals surface area contributed by atoms with Gasteiger partial charge in [0.15, 0.2) is 0 Å². The summed E-state index contributed by atoms with van der Waals surface area (Å²) in [4.78, 5) is -0.0527. The summed E-state index contributed by atoms with van der Waals surface area (Å²) in [6, 6.07) is 11.7. The maximum atomic E-state index is 12.1. The van der Waals surface area contributed by atoms with E-state index in [0.29, 0.717) is 5.56 Å². The molecule has 2 aromatic rings. The van der Waals surface area contributed by atoms with E-state index in [9.17, 15) is 16.8 Å². The Kier molecular flexibility index (Phi) is 4.88. The predicted octanol–water partition coefficient (Wildman–Crippen LogP) is 1.47. The zero-order valence-electron chi connectivity index (χ0n) is 11.2. The van der Waals surface area contributed by atoms with Crippen LogP contribution in [0.4, 0.5) is 0 Å². The van der Waals surface area contributed by atoms with Crippen molar-refractivity contribution in [3.05, 3.63) is 59.1 Å². The van der Waals surface area contributed by atoms with Gasteiger partial charge in [-0.15, -0.1) is 0 Å². The molecular weight excluding hydrogens is 348 g/mol. The van der Waals surface area contributed by atoms with Crippen molar-refractivity contribution in [1.29, 1.82) is 0 Å². The number of primary sulfonamides is 1. The van der Waals surface area contributed by atoms with E-state index >= 15 is 0 Å². The average Bonchev–Trinajstić information content (AvgIpc) is 2.45. The van der Waals surface area contributed by atoms with Gasteiger partial charge in [0.2, 0.25) is 20.0 Å². The van der Waals surface area contributed by atoms with Crippen LogP contribution in [-0.4, -0.2) is 16.8 Å². The molecule has 0 radical (unpaired) electrons. The maximum absolute atomic E-state index is 12.1. The van der Waals surface area contributed by atoms with E-state index in [-0.39, 0.29) is 21.4 Å². The molecule has 6 nitrogen and oxygen atoms in total. The Labute approximate surface area is 134 Å². The molecular formula is C13H13ClN2O4S2. The summed E-state index contributed by atoms with van der Waals surface area (Å²) in [6.07, 6.45) is 0. The van der Waals surface area contributed by atoms with Gasteiger partial charge < -0.3 is 0 Å². The third-order valence-electron chi connectivity index (χ3n) is 2.84. The van der Waals surface area contributed by atoms with E-state index in [0.717, 1.165) is 0 Å². The van der Waals surface area contributed by atoms with Crippen LogP contribution >= 0.6 is 11.6 Å². The van der Waals surface area contributed by atoms with Crippen molar-refractivity contribution in [1.82, 2.24) is 4.72 Å². The molecule has 0 spiro atoms. The average molecular weight is 361 g/mol. The molecule has 0 aromatic heterocycles. The lowest BCUT2D eigenvalue weighted by atomic mass is 10.2. The highest BCUT2D eigenvalue weighted by atomic mass is 35.5. The predicted molar refractivity (Wildman–Crippen MR) is 83.3 cm³/mol. The second-order valence-electron chi connectivity index (χ2n) is 4.44. The Morgan fingerprint density at radius 1 is 0.955 bits per heavy atom. The van der Waals surface area contributed by atoms with Crippen LogP contribution in [0.2, 0.25) is 5.02 Å². The molecule has 0 aliphatic rings. The monoisotopic (exact) mass is 360 g/mol. The lowest BCUT2D eigenvalue weighted by molar-refractivity contribution is 0.581. The Hall–Kier alpha value is -1.45. The molecule has 0 aliphatic carbocycles. The fourth-order valence-corrected chi connectivity index (χ4v) is 3.77. The third kappa shape index (κ3) is 4.05. The van der Waals surface area contributed by atoms with Crippen LogP contribution < -0.4 is 9.86 Å². The second kappa shape index (κ2) is 6.35. The Bertz CT molecular complexity index is 879. The van der Waals surface area contributed by atoms with Gasteiger partial charge in [0, 0.05) is 6.54 Å². The molecule has 0 atom stereocenters. The van der Waals surface area contributed by atoms with Gasteiger partial charge in [-0.05, 0) is 29.8 Å². The van der Waals surface area contributed by atoms with Crippen molar-refractivity contribution in [3.63, 3.8) is 0 Å². The number of benzene rings is 2. The molecule has 118 valence electrons. The number of halogens is 1. The smallest absolute Gasteiger partial charge is 0.225 e. The molecule has 0 fully saturated rings. The number of hydrogen-bond donors (Lipinski definition) is 2. The van der Waals surface area contributed by atoms with Crippen molar-refractivity contribution in [2.45, 2.75) is 16.3 Å². The van der Waals surface area contributed by atoms with Crippen LogP contribution in [0.1, 0.15) is 5.56 Å². The first-order valence-corrected chi connectivity index (χ1v) is 9.47. The molecule has 0 bridgehead atoms. The lowest BCUT2D eigenvalue weighted by Crippen LogP contribution is -2.23. The topological polar surface area (TPSA) is 106 Å². The van der Waals surface area contributed by atoms with Crippen LogP contribution in [0.15, 0.2) is 58.3 Å². The van der Waals surface area contributed by atoms with Crippen molar-refractivity contribution < 1.29 is 16.8 Å². The van der Waals surface area contributed by atoms with Crippen LogP contribution in [0.3, 0.4) is 0 Å². The Balaban J connectivity index is 2.15. The zero-order valence-corrected chi connectivity index (χ0v) is 13.6. The Morgan fingerprint density at radius 3 is 2.09 bits per heavy atom. The summed E-state index contributed by atoms with van der Waals surface area (Å²) in [6.45, 7) is -0.00153. The van der Waals surface area contributed by atoms with E-state index in [1.54, 1.807) is 12.1 Å². The van der Waals surface area contributed by atoms with Gasteiger partial charge in [-0.25, -0.2) is 26.7 Å². The first-order valence-electron chi connectivity index (χ1n) is 6.06. The highest BCUT2D eigenvalue weighted by Gasteiger charge is 2.17. The summed E-state index contributed by atoms with van der Waals surface area (Å²) in [5, 5.41) is 5.11. The van der Waals surface area contributed by atoms with E-state index in [1.165, 1.54) is 36.4 Å². The molecule has 0 saturated heterocycles. The molecule has 9 heteroatoms. The van der Waals surface area contributed by atoms with Gasteiger partial charge in [-0.3, -0.25) is 0 Å². The zero-order chi connectivity index (χ0) is 16.4. The highest BCUT2D eigenvalue weighted by Crippen LogP contribution is 2.20. The molecule has 22 heavy (non-hydrogen) atoms. The van der Waals surface area contributed by atoms with Crippen LogP contribution in [0, 0.1) is 0 Å². The first kappa shape index (κ1) is 16.9. The lowest BCUT2D eigenvalue weighted by Gasteiger charge is -2.08. The van der Waals surface area contributed by atoms with Gasteiger partial charge in [0.25, 0.3) is 0 Å².